The van der Waals surface area contributed by atoms with Gasteiger partial charge in [0, 0.05) is 11.5 Å². The molecule has 1 aromatic carbocycles. The number of carbonyl (C=O) groups is 2. The number of hydrogen-bond donors (Lipinski definition) is 1. The Morgan fingerprint density at radius 2 is 1.62 bits per heavy atom. The summed E-state index contributed by atoms with van der Waals surface area (Å²) in [4.78, 5) is 23.9. The average Bonchev–Trinajstić information content (AvgIpc) is 3.16. The summed E-state index contributed by atoms with van der Waals surface area (Å²) in [5, 5.41) is 9.27. The van der Waals surface area contributed by atoms with Crippen molar-refractivity contribution in [2.24, 2.45) is 17.8 Å². The zero-order valence-corrected chi connectivity index (χ0v) is 15.5. The van der Waals surface area contributed by atoms with Gasteiger partial charge >= 0.3 is 5.97 Å². The van der Waals surface area contributed by atoms with Crippen LogP contribution in [-0.2, 0) is 4.79 Å². The lowest BCUT2D eigenvalue weighted by atomic mass is 9.86. The minimum Gasteiger partial charge on any atom is -0.494 e. The van der Waals surface area contributed by atoms with E-state index in [1.165, 1.54) is 38.5 Å². The van der Waals surface area contributed by atoms with Gasteiger partial charge in [-0.15, -0.1) is 0 Å². The van der Waals surface area contributed by atoms with E-state index < -0.39 is 11.9 Å². The van der Waals surface area contributed by atoms with Gasteiger partial charge in [-0.05, 0) is 55.9 Å². The number of rotatable bonds is 8. The minimum absolute atomic E-state index is 0.0428. The van der Waals surface area contributed by atoms with E-state index in [2.05, 4.69) is 0 Å². The SMILES string of the molecule is O=C(O)[C@H]1CCC[C@@H]1C(=O)c1ccc(OCCCC2CCCCC2)cc1. The van der Waals surface area contributed by atoms with Crippen LogP contribution in [-0.4, -0.2) is 23.5 Å². The Bertz CT molecular complexity index is 601. The molecule has 2 aliphatic carbocycles. The monoisotopic (exact) mass is 358 g/mol. The zero-order valence-electron chi connectivity index (χ0n) is 15.5. The van der Waals surface area contributed by atoms with Crippen molar-refractivity contribution in [1.29, 1.82) is 0 Å². The summed E-state index contributed by atoms with van der Waals surface area (Å²) in [6.45, 7) is 0.716. The van der Waals surface area contributed by atoms with Crippen molar-refractivity contribution in [3.63, 3.8) is 0 Å². The first-order valence-electron chi connectivity index (χ1n) is 10.1. The van der Waals surface area contributed by atoms with Crippen molar-refractivity contribution in [1.82, 2.24) is 0 Å². The molecule has 0 aliphatic heterocycles. The summed E-state index contributed by atoms with van der Waals surface area (Å²) in [7, 11) is 0. The second-order valence-electron chi connectivity index (χ2n) is 7.87. The molecule has 0 aromatic heterocycles. The number of carboxylic acids is 1. The van der Waals surface area contributed by atoms with Crippen molar-refractivity contribution in [2.45, 2.75) is 64.2 Å². The molecule has 0 bridgehead atoms. The lowest BCUT2D eigenvalue weighted by Crippen LogP contribution is -2.25. The standard InChI is InChI=1S/C22H30O4/c23-21(19-9-4-10-20(19)22(24)25)17-11-13-18(14-12-17)26-15-5-8-16-6-2-1-3-7-16/h11-14,16,19-20H,1-10,15H2,(H,24,25)/t19-,20-/m0/s1. The number of hydrogen-bond acceptors (Lipinski definition) is 3. The van der Waals surface area contributed by atoms with Crippen molar-refractivity contribution in [3.8, 4) is 5.75 Å². The molecular formula is C22H30O4. The van der Waals surface area contributed by atoms with Crippen LogP contribution in [0.2, 0.25) is 0 Å². The number of ketones is 1. The van der Waals surface area contributed by atoms with Gasteiger partial charge in [0.15, 0.2) is 5.78 Å². The molecule has 1 N–H and O–H groups in total. The van der Waals surface area contributed by atoms with Gasteiger partial charge in [0.25, 0.3) is 0 Å². The maximum atomic E-state index is 12.6. The number of aliphatic carboxylic acids is 1. The third kappa shape index (κ3) is 4.87. The van der Waals surface area contributed by atoms with Gasteiger partial charge in [-0.2, -0.15) is 0 Å². The molecule has 26 heavy (non-hydrogen) atoms. The molecule has 2 aliphatic rings. The van der Waals surface area contributed by atoms with E-state index in [4.69, 9.17) is 4.74 Å². The first-order chi connectivity index (χ1) is 12.6. The Morgan fingerprint density at radius 1 is 0.923 bits per heavy atom. The summed E-state index contributed by atoms with van der Waals surface area (Å²) in [5.41, 5.74) is 0.595. The van der Waals surface area contributed by atoms with Crippen LogP contribution in [0.1, 0.15) is 74.6 Å². The van der Waals surface area contributed by atoms with Crippen molar-refractivity contribution < 1.29 is 19.4 Å². The summed E-state index contributed by atoms with van der Waals surface area (Å²) >= 11 is 0. The fraction of sp³-hybridized carbons (Fsp3) is 0.636. The average molecular weight is 358 g/mol. The number of carbonyl (C=O) groups excluding carboxylic acids is 1. The summed E-state index contributed by atoms with van der Waals surface area (Å²) < 4.78 is 5.81. The van der Waals surface area contributed by atoms with Gasteiger partial charge in [-0.1, -0.05) is 38.5 Å². The largest absolute Gasteiger partial charge is 0.494 e. The van der Waals surface area contributed by atoms with Crippen molar-refractivity contribution in [3.05, 3.63) is 29.8 Å². The molecule has 0 unspecified atom stereocenters. The first kappa shape index (κ1) is 18.9. The van der Waals surface area contributed by atoms with E-state index in [1.54, 1.807) is 12.1 Å². The van der Waals surface area contributed by atoms with Gasteiger partial charge in [-0.25, -0.2) is 0 Å². The Morgan fingerprint density at radius 3 is 2.31 bits per heavy atom. The van der Waals surface area contributed by atoms with E-state index in [0.29, 0.717) is 25.0 Å². The van der Waals surface area contributed by atoms with Gasteiger partial charge in [0.05, 0.1) is 12.5 Å². The molecule has 4 nitrogen and oxygen atoms in total. The predicted octanol–water partition coefficient (Wildman–Crippen LogP) is 5.11. The molecule has 2 fully saturated rings. The molecule has 0 amide bonds. The molecular weight excluding hydrogens is 328 g/mol. The third-order valence-corrected chi connectivity index (χ3v) is 6.06. The highest BCUT2D eigenvalue weighted by molar-refractivity contribution is 6.00. The molecule has 0 spiro atoms. The maximum Gasteiger partial charge on any atom is 0.307 e. The number of Topliss-reactive ketones (excluding diaryl/α,β-unsaturated/α-hetero) is 1. The fourth-order valence-corrected chi connectivity index (χ4v) is 4.54. The van der Waals surface area contributed by atoms with Crippen LogP contribution in [0.4, 0.5) is 0 Å². The Balaban J connectivity index is 1.45. The summed E-state index contributed by atoms with van der Waals surface area (Å²) in [6.07, 6.45) is 11.3. The zero-order chi connectivity index (χ0) is 18.4. The van der Waals surface area contributed by atoms with E-state index in [0.717, 1.165) is 24.5 Å². The van der Waals surface area contributed by atoms with Crippen LogP contribution in [0.15, 0.2) is 24.3 Å². The van der Waals surface area contributed by atoms with Crippen LogP contribution >= 0.6 is 0 Å². The maximum absolute atomic E-state index is 12.6. The second kappa shape index (κ2) is 9.20. The van der Waals surface area contributed by atoms with Crippen molar-refractivity contribution >= 4 is 11.8 Å². The third-order valence-electron chi connectivity index (χ3n) is 6.06. The molecule has 0 radical (unpaired) electrons. The first-order valence-corrected chi connectivity index (χ1v) is 10.1. The molecule has 142 valence electrons. The van der Waals surface area contributed by atoms with Gasteiger partial charge < -0.3 is 9.84 Å². The van der Waals surface area contributed by atoms with E-state index in [1.807, 2.05) is 12.1 Å². The topological polar surface area (TPSA) is 63.6 Å². The lowest BCUT2D eigenvalue weighted by Gasteiger charge is -2.21. The van der Waals surface area contributed by atoms with Crippen LogP contribution < -0.4 is 4.74 Å². The number of ether oxygens (including phenoxy) is 1. The normalized spacial score (nSPS) is 23.7. The summed E-state index contributed by atoms with van der Waals surface area (Å²) in [6, 6.07) is 7.21. The van der Waals surface area contributed by atoms with Gasteiger partial charge in [0.2, 0.25) is 0 Å². The van der Waals surface area contributed by atoms with Gasteiger partial charge in [-0.3, -0.25) is 9.59 Å². The smallest absolute Gasteiger partial charge is 0.307 e. The summed E-state index contributed by atoms with van der Waals surface area (Å²) in [5.74, 6) is -0.141. The van der Waals surface area contributed by atoms with E-state index in [-0.39, 0.29) is 11.7 Å². The fourth-order valence-electron chi connectivity index (χ4n) is 4.54. The number of carboxylic acid groups (broad SMARTS) is 1. The predicted molar refractivity (Wildman–Crippen MR) is 101 cm³/mol. The molecule has 2 atom stereocenters. The van der Waals surface area contributed by atoms with Crippen LogP contribution in [0.5, 0.6) is 5.75 Å². The Kier molecular flexibility index (Phi) is 6.70. The van der Waals surface area contributed by atoms with E-state index in [9.17, 15) is 14.7 Å². The highest BCUT2D eigenvalue weighted by Crippen LogP contribution is 2.34. The van der Waals surface area contributed by atoms with Gasteiger partial charge in [0.1, 0.15) is 5.75 Å². The minimum atomic E-state index is -0.848. The van der Waals surface area contributed by atoms with Crippen LogP contribution in [0, 0.1) is 17.8 Å². The highest BCUT2D eigenvalue weighted by Gasteiger charge is 2.37. The van der Waals surface area contributed by atoms with E-state index >= 15 is 0 Å². The Hall–Kier alpha value is -1.84. The molecule has 1 aromatic rings. The lowest BCUT2D eigenvalue weighted by molar-refractivity contribution is -0.142. The van der Waals surface area contributed by atoms with Crippen molar-refractivity contribution in [2.75, 3.05) is 6.61 Å². The molecule has 0 saturated heterocycles. The highest BCUT2D eigenvalue weighted by atomic mass is 16.5. The number of benzene rings is 1. The molecule has 2 saturated carbocycles. The quantitative estimate of drug-likeness (QED) is 0.518. The van der Waals surface area contributed by atoms with Crippen LogP contribution in [0.3, 0.4) is 0 Å². The molecule has 0 heterocycles. The molecule has 4 heteroatoms. The Labute approximate surface area is 155 Å². The van der Waals surface area contributed by atoms with Crippen LogP contribution in [0.25, 0.3) is 0 Å². The second-order valence-corrected chi connectivity index (χ2v) is 7.87. The molecule has 3 rings (SSSR count).